The third-order valence-electron chi connectivity index (χ3n) is 6.15. The van der Waals surface area contributed by atoms with E-state index in [2.05, 4.69) is 0 Å². The number of halogens is 4. The Kier molecular flexibility index (Phi) is 5.68. The zero-order valence-electron chi connectivity index (χ0n) is 17.8. The van der Waals surface area contributed by atoms with Crippen LogP contribution in [-0.2, 0) is 6.18 Å². The van der Waals surface area contributed by atoms with Gasteiger partial charge in [0.15, 0.2) is 0 Å². The Hall–Kier alpha value is -3.34. The molecular weight excluding hydrogens is 411 g/mol. The molecule has 4 aromatic carbocycles. The Balaban J connectivity index is 2.18. The van der Waals surface area contributed by atoms with Crippen LogP contribution in [0.15, 0.2) is 97.1 Å². The van der Waals surface area contributed by atoms with E-state index in [0.29, 0.717) is 10.9 Å². The summed E-state index contributed by atoms with van der Waals surface area (Å²) < 4.78 is 55.6. The van der Waals surface area contributed by atoms with Crippen LogP contribution in [0, 0.1) is 19.7 Å². The van der Waals surface area contributed by atoms with Crippen LogP contribution >= 0.6 is 0 Å². The minimum absolute atomic E-state index is 0.430. The quantitative estimate of drug-likeness (QED) is 0.319. The summed E-state index contributed by atoms with van der Waals surface area (Å²) >= 11 is 0. The fourth-order valence-electron chi connectivity index (χ4n) is 4.79. The van der Waals surface area contributed by atoms with Crippen LogP contribution in [0.5, 0.6) is 0 Å². The second-order valence-electron chi connectivity index (χ2n) is 8.37. The van der Waals surface area contributed by atoms with Crippen LogP contribution in [0.1, 0.15) is 16.7 Å². The maximum Gasteiger partial charge on any atom is 0.416 e. The van der Waals surface area contributed by atoms with Gasteiger partial charge in [-0.3, -0.25) is 0 Å². The van der Waals surface area contributed by atoms with Gasteiger partial charge in [0.05, 0.1) is 5.56 Å². The Labute approximate surface area is 185 Å². The van der Waals surface area contributed by atoms with Gasteiger partial charge in [0.2, 0.25) is 0 Å². The fourth-order valence-corrected chi connectivity index (χ4v) is 4.79. The molecule has 0 aliphatic carbocycles. The Morgan fingerprint density at radius 1 is 0.562 bits per heavy atom. The summed E-state index contributed by atoms with van der Waals surface area (Å²) in [4.78, 5) is 0. The van der Waals surface area contributed by atoms with E-state index in [0.717, 1.165) is 28.1 Å². The van der Waals surface area contributed by atoms with Crippen LogP contribution in [0.3, 0.4) is 0 Å². The molecule has 0 amide bonds. The number of benzene rings is 4. The summed E-state index contributed by atoms with van der Waals surface area (Å²) in [6.07, 6.45) is -6.57. The van der Waals surface area contributed by atoms with Crippen LogP contribution < -0.4 is 21.9 Å². The highest BCUT2D eigenvalue weighted by Crippen LogP contribution is 2.28. The van der Waals surface area contributed by atoms with Crippen LogP contribution in [-0.4, -0.2) is 6.15 Å². The van der Waals surface area contributed by atoms with Crippen molar-refractivity contribution in [2.24, 2.45) is 0 Å². The zero-order valence-corrected chi connectivity index (χ0v) is 17.8. The summed E-state index contributed by atoms with van der Waals surface area (Å²) in [5, 5.41) is 0. The van der Waals surface area contributed by atoms with E-state index in [1.165, 1.54) is 24.3 Å². The van der Waals surface area contributed by atoms with Crippen molar-refractivity contribution in [3.05, 3.63) is 120 Å². The highest BCUT2D eigenvalue weighted by atomic mass is 19.4. The van der Waals surface area contributed by atoms with Crippen molar-refractivity contribution in [2.75, 3.05) is 0 Å². The van der Waals surface area contributed by atoms with Gasteiger partial charge in [-0.05, 0) is 19.9 Å². The van der Waals surface area contributed by atoms with Crippen LogP contribution in [0.25, 0.3) is 0 Å². The third-order valence-corrected chi connectivity index (χ3v) is 6.15. The lowest BCUT2D eigenvalue weighted by Crippen LogP contribution is -2.75. The highest BCUT2D eigenvalue weighted by Gasteiger charge is 2.35. The second-order valence-corrected chi connectivity index (χ2v) is 8.37. The molecule has 0 bridgehead atoms. The van der Waals surface area contributed by atoms with E-state index in [-0.39, 0.29) is 0 Å². The van der Waals surface area contributed by atoms with Gasteiger partial charge < -0.3 is 0 Å². The molecule has 162 valence electrons. The predicted octanol–water partition coefficient (Wildman–Crippen LogP) is 4.84. The predicted molar refractivity (Wildman–Crippen MR) is 124 cm³/mol. The summed E-state index contributed by atoms with van der Waals surface area (Å²) in [5.41, 5.74) is 4.01. The molecule has 0 fully saturated rings. The molecule has 4 aromatic rings. The average molecular weight is 433 g/mol. The van der Waals surface area contributed by atoms with E-state index in [9.17, 15) is 17.6 Å². The monoisotopic (exact) mass is 433 g/mol. The Morgan fingerprint density at radius 3 is 1.47 bits per heavy atom. The molecule has 0 aliphatic heterocycles. The van der Waals surface area contributed by atoms with Crippen LogP contribution in [0.2, 0.25) is 0 Å². The molecule has 0 aromatic heterocycles. The first kappa shape index (κ1) is 21.9. The van der Waals surface area contributed by atoms with E-state index in [1.807, 2.05) is 62.4 Å². The van der Waals surface area contributed by atoms with Gasteiger partial charge in [0.25, 0.3) is 0 Å². The molecule has 5 heteroatoms. The van der Waals surface area contributed by atoms with Crippen molar-refractivity contribution in [3.63, 3.8) is 0 Å². The molecule has 0 atom stereocenters. The number of hydrogen-bond acceptors (Lipinski definition) is 0. The van der Waals surface area contributed by atoms with Gasteiger partial charge in [-0.2, -0.15) is 35.0 Å². The molecule has 0 N–H and O–H groups in total. The van der Waals surface area contributed by atoms with E-state index in [4.69, 9.17) is 0 Å². The second kappa shape index (κ2) is 8.31. The Bertz CT molecular complexity index is 1150. The lowest BCUT2D eigenvalue weighted by atomic mass is 9.13. The molecule has 0 heterocycles. The minimum atomic E-state index is -4.49. The first-order valence-electron chi connectivity index (χ1n) is 10.4. The molecular formula is C27H22BF4-. The summed E-state index contributed by atoms with van der Waals surface area (Å²) in [6.45, 7) is 3.89. The van der Waals surface area contributed by atoms with Crippen LogP contribution in [0.4, 0.5) is 17.6 Å². The van der Waals surface area contributed by atoms with Crippen molar-refractivity contribution in [2.45, 2.75) is 20.0 Å². The van der Waals surface area contributed by atoms with Crippen molar-refractivity contribution < 1.29 is 17.6 Å². The van der Waals surface area contributed by atoms with Gasteiger partial charge >= 0.3 is 6.18 Å². The van der Waals surface area contributed by atoms with Crippen molar-refractivity contribution in [1.82, 2.24) is 0 Å². The summed E-state index contributed by atoms with van der Waals surface area (Å²) in [6, 6.07) is 27.1. The number of alkyl halides is 3. The standard InChI is InChI=1S/C27H22BF4/c1-19-7-3-10-22(15-19)28(23-11-4-8-20(2)16-23,25-13-6-14-26(29)18-25)24-12-5-9-21(17-24)27(30,31)32/h3-18H,1-2H3/q-1. The van der Waals surface area contributed by atoms with Crippen molar-refractivity contribution in [1.29, 1.82) is 0 Å². The highest BCUT2D eigenvalue weighted by molar-refractivity contribution is 7.19. The Morgan fingerprint density at radius 2 is 1.00 bits per heavy atom. The molecule has 0 saturated heterocycles. The molecule has 0 aliphatic rings. The van der Waals surface area contributed by atoms with Gasteiger partial charge in [-0.1, -0.05) is 102 Å². The third kappa shape index (κ3) is 3.95. The normalized spacial score (nSPS) is 12.1. The molecule has 0 nitrogen and oxygen atoms in total. The molecule has 0 saturated carbocycles. The molecule has 32 heavy (non-hydrogen) atoms. The molecule has 0 spiro atoms. The largest absolute Gasteiger partial charge is 0.416 e. The van der Waals surface area contributed by atoms with Gasteiger partial charge in [0, 0.05) is 0 Å². The maximum absolute atomic E-state index is 14.5. The number of hydrogen-bond donors (Lipinski definition) is 0. The fraction of sp³-hybridized carbons (Fsp3) is 0.111. The van der Waals surface area contributed by atoms with E-state index >= 15 is 0 Å². The zero-order chi connectivity index (χ0) is 22.9. The smallest absolute Gasteiger partial charge is 0.207 e. The van der Waals surface area contributed by atoms with Gasteiger partial charge in [-0.25, -0.2) is 4.39 Å². The summed E-state index contributed by atoms with van der Waals surface area (Å²) in [7, 11) is 0. The average Bonchev–Trinajstić information content (AvgIpc) is 2.74. The number of rotatable bonds is 4. The topological polar surface area (TPSA) is 0 Å². The SMILES string of the molecule is Cc1cccc([B-](c2cccc(C)c2)(c2cccc(F)c2)c2cccc(C(F)(F)F)c2)c1. The molecule has 0 radical (unpaired) electrons. The van der Waals surface area contributed by atoms with E-state index < -0.39 is 23.7 Å². The minimum Gasteiger partial charge on any atom is -0.207 e. The van der Waals surface area contributed by atoms with E-state index in [1.54, 1.807) is 18.2 Å². The first-order chi connectivity index (χ1) is 15.2. The first-order valence-corrected chi connectivity index (χ1v) is 10.4. The molecule has 0 unspecified atom stereocenters. The van der Waals surface area contributed by atoms with Gasteiger partial charge in [0.1, 0.15) is 12.0 Å². The molecule has 4 rings (SSSR count). The maximum atomic E-state index is 14.5. The van der Waals surface area contributed by atoms with Crippen molar-refractivity contribution >= 4 is 28.0 Å². The van der Waals surface area contributed by atoms with Gasteiger partial charge in [-0.15, -0.1) is 0 Å². The number of aryl methyl sites for hydroxylation is 2. The van der Waals surface area contributed by atoms with Crippen molar-refractivity contribution in [3.8, 4) is 0 Å². The summed E-state index contributed by atoms with van der Waals surface area (Å²) in [5.74, 6) is -0.430. The lowest BCUT2D eigenvalue weighted by Gasteiger charge is -2.45. The lowest BCUT2D eigenvalue weighted by molar-refractivity contribution is -0.137.